The van der Waals surface area contributed by atoms with E-state index in [0.29, 0.717) is 28.2 Å². The molecular formula is C32H36ClN3O9Si. The van der Waals surface area contributed by atoms with Crippen LogP contribution in [0.3, 0.4) is 0 Å². The molecule has 1 unspecified atom stereocenters. The molecule has 3 aromatic rings. The first kappa shape index (κ1) is 33.1. The van der Waals surface area contributed by atoms with E-state index in [2.05, 4.69) is 18.4 Å². The van der Waals surface area contributed by atoms with E-state index in [0.717, 1.165) is 16.1 Å². The standard InChI is InChI=1S/C32H36ClN3O9Si/c1-8-32(44-25(38)13-34-30(41)45-31(3,4)5)22-12-24-26-20(14-36(24)28(39)21(22)15-42-29(32)40)27(46(6,7)16-33)19-11-18(43-17(2)37)9-10-23(19)35-26/h9-12H,8,13-16H2,1-7H3,(H,34,41). The number of pyridine rings is 2. The van der Waals surface area contributed by atoms with E-state index in [1.807, 2.05) is 0 Å². The Hall–Kier alpha value is -4.23. The number of benzene rings is 1. The number of nitrogens with one attached hydrogen (secondary N) is 1. The van der Waals surface area contributed by atoms with Crippen LogP contribution in [0.1, 0.15) is 57.7 Å². The van der Waals surface area contributed by atoms with Gasteiger partial charge in [0.25, 0.3) is 5.56 Å². The van der Waals surface area contributed by atoms with E-state index in [9.17, 15) is 24.0 Å². The molecule has 0 fully saturated rings. The highest BCUT2D eigenvalue weighted by atomic mass is 35.5. The maximum Gasteiger partial charge on any atom is 0.408 e. The summed E-state index contributed by atoms with van der Waals surface area (Å²) in [6.45, 7) is 11.6. The molecule has 5 rings (SSSR count). The number of rotatable bonds is 7. The van der Waals surface area contributed by atoms with Gasteiger partial charge in [0.05, 0.1) is 37.1 Å². The lowest BCUT2D eigenvalue weighted by Gasteiger charge is -2.35. The number of alkyl halides is 1. The van der Waals surface area contributed by atoms with Crippen LogP contribution in [0.15, 0.2) is 29.1 Å². The minimum Gasteiger partial charge on any atom is -0.457 e. The van der Waals surface area contributed by atoms with Crippen LogP contribution in [0.25, 0.3) is 22.3 Å². The Morgan fingerprint density at radius 3 is 2.50 bits per heavy atom. The zero-order valence-electron chi connectivity index (χ0n) is 26.8. The summed E-state index contributed by atoms with van der Waals surface area (Å²) in [5.74, 6) is -1.82. The topological polar surface area (TPSA) is 152 Å². The Kier molecular flexibility index (Phi) is 8.54. The summed E-state index contributed by atoms with van der Waals surface area (Å²) in [6, 6.07) is 6.85. The van der Waals surface area contributed by atoms with E-state index in [4.69, 9.17) is 35.5 Å². The van der Waals surface area contributed by atoms with Crippen molar-refractivity contribution in [3.63, 3.8) is 0 Å². The van der Waals surface area contributed by atoms with Crippen molar-refractivity contribution in [3.8, 4) is 17.1 Å². The number of nitrogens with zero attached hydrogens (tertiary/aromatic N) is 2. The fourth-order valence-electron chi connectivity index (χ4n) is 5.97. The molecule has 1 aromatic carbocycles. The number of aromatic nitrogens is 2. The maximum atomic E-state index is 14.1. The Morgan fingerprint density at radius 1 is 1.15 bits per heavy atom. The predicted molar refractivity (Wildman–Crippen MR) is 172 cm³/mol. The van der Waals surface area contributed by atoms with Crippen LogP contribution in [0.2, 0.25) is 13.1 Å². The van der Waals surface area contributed by atoms with Gasteiger partial charge in [-0.15, -0.1) is 11.6 Å². The molecular weight excluding hydrogens is 634 g/mol. The number of hydrogen-bond acceptors (Lipinski definition) is 10. The van der Waals surface area contributed by atoms with Gasteiger partial charge < -0.3 is 28.8 Å². The number of ether oxygens (including phenoxy) is 4. The molecule has 46 heavy (non-hydrogen) atoms. The second-order valence-electron chi connectivity index (χ2n) is 13.0. The molecule has 12 nitrogen and oxygen atoms in total. The van der Waals surface area contributed by atoms with Crippen molar-refractivity contribution in [2.45, 2.75) is 78.5 Å². The monoisotopic (exact) mass is 669 g/mol. The molecule has 2 aliphatic heterocycles. The molecule has 1 N–H and O–H groups in total. The van der Waals surface area contributed by atoms with Gasteiger partial charge in [-0.25, -0.2) is 14.6 Å². The lowest BCUT2D eigenvalue weighted by molar-refractivity contribution is -0.188. The number of hydrogen-bond donors (Lipinski definition) is 1. The number of carbonyl (C=O) groups excluding carboxylic acids is 4. The van der Waals surface area contributed by atoms with Gasteiger partial charge in [0.1, 0.15) is 24.5 Å². The van der Waals surface area contributed by atoms with Gasteiger partial charge in [0.15, 0.2) is 0 Å². The highest BCUT2D eigenvalue weighted by molar-refractivity contribution is 6.95. The molecule has 0 aliphatic carbocycles. The van der Waals surface area contributed by atoms with Gasteiger partial charge in [0.2, 0.25) is 5.60 Å². The van der Waals surface area contributed by atoms with Crippen LogP contribution in [0.5, 0.6) is 5.75 Å². The van der Waals surface area contributed by atoms with Crippen LogP contribution in [0.4, 0.5) is 4.79 Å². The largest absolute Gasteiger partial charge is 0.457 e. The number of halogens is 1. The summed E-state index contributed by atoms with van der Waals surface area (Å²) in [5, 5.41) is 4.10. The van der Waals surface area contributed by atoms with Crippen molar-refractivity contribution in [2.75, 3.05) is 12.0 Å². The second-order valence-corrected chi connectivity index (χ2v) is 18.3. The molecule has 14 heteroatoms. The molecule has 0 saturated heterocycles. The van der Waals surface area contributed by atoms with Gasteiger partial charge in [0, 0.05) is 23.4 Å². The third kappa shape index (κ3) is 5.89. The number of cyclic esters (lactones) is 1. The predicted octanol–water partition coefficient (Wildman–Crippen LogP) is 3.77. The molecule has 0 bridgehead atoms. The van der Waals surface area contributed by atoms with Gasteiger partial charge >= 0.3 is 24.0 Å². The molecule has 0 saturated carbocycles. The van der Waals surface area contributed by atoms with Gasteiger partial charge in [-0.1, -0.05) is 20.0 Å². The number of esters is 3. The fraction of sp³-hybridized carbons (Fsp3) is 0.438. The van der Waals surface area contributed by atoms with E-state index >= 15 is 0 Å². The maximum absolute atomic E-state index is 14.1. The third-order valence-electron chi connectivity index (χ3n) is 7.96. The summed E-state index contributed by atoms with van der Waals surface area (Å²) < 4.78 is 23.3. The van der Waals surface area contributed by atoms with Crippen molar-refractivity contribution in [1.82, 2.24) is 14.9 Å². The quantitative estimate of drug-likeness (QED) is 0.101. The van der Waals surface area contributed by atoms with Gasteiger partial charge in [-0.3, -0.25) is 14.4 Å². The van der Waals surface area contributed by atoms with E-state index in [-0.39, 0.29) is 30.7 Å². The first-order valence-electron chi connectivity index (χ1n) is 14.9. The van der Waals surface area contributed by atoms with Crippen LogP contribution in [-0.4, -0.2) is 59.3 Å². The summed E-state index contributed by atoms with van der Waals surface area (Å²) in [6.07, 6.45) is -0.860. The summed E-state index contributed by atoms with van der Waals surface area (Å²) in [7, 11) is -2.35. The van der Waals surface area contributed by atoms with Crippen LogP contribution >= 0.6 is 11.6 Å². The first-order chi connectivity index (χ1) is 21.5. The lowest BCUT2D eigenvalue weighted by Crippen LogP contribution is -2.49. The van der Waals surface area contributed by atoms with Crippen LogP contribution < -0.4 is 20.8 Å². The summed E-state index contributed by atoms with van der Waals surface area (Å²) in [4.78, 5) is 69.2. The first-order valence-corrected chi connectivity index (χ1v) is 18.6. The summed E-state index contributed by atoms with van der Waals surface area (Å²) >= 11 is 6.55. The second kappa shape index (κ2) is 11.8. The van der Waals surface area contributed by atoms with Gasteiger partial charge in [-0.05, 0) is 62.2 Å². The molecule has 0 radical (unpaired) electrons. The highest BCUT2D eigenvalue weighted by Gasteiger charge is 2.50. The normalized spacial score (nSPS) is 17.0. The Morgan fingerprint density at radius 2 is 1.87 bits per heavy atom. The van der Waals surface area contributed by atoms with Crippen molar-refractivity contribution < 1.29 is 38.1 Å². The fourth-order valence-corrected chi connectivity index (χ4v) is 8.45. The minimum absolute atomic E-state index is 0.0335. The molecule has 2 aliphatic rings. The van der Waals surface area contributed by atoms with Crippen molar-refractivity contribution in [2.24, 2.45) is 0 Å². The van der Waals surface area contributed by atoms with E-state index < -0.39 is 55.4 Å². The molecule has 0 spiro atoms. The average Bonchev–Trinajstić information content (AvgIpc) is 3.33. The van der Waals surface area contributed by atoms with Crippen LogP contribution in [0, 0.1) is 0 Å². The molecule has 1 atom stereocenters. The zero-order chi connectivity index (χ0) is 33.8. The molecule has 4 heterocycles. The Labute approximate surface area is 271 Å². The number of carbonyl (C=O) groups is 4. The SMILES string of the molecule is CCC1(OC(=O)CNC(=O)OC(C)(C)C)C(=O)OCc2c1cc1n(c2=O)Cc2c-1nc1ccc(OC(C)=O)cc1c2[Si](C)(C)CCl. The van der Waals surface area contributed by atoms with Crippen LogP contribution in [-0.2, 0) is 47.3 Å². The zero-order valence-corrected chi connectivity index (χ0v) is 28.5. The number of amides is 1. The van der Waals surface area contributed by atoms with Gasteiger partial charge in [-0.2, -0.15) is 0 Å². The number of alkyl carbamates (subject to hydrolysis) is 1. The summed E-state index contributed by atoms with van der Waals surface area (Å²) in [5.41, 5.74) is 0.108. The van der Waals surface area contributed by atoms with Crippen molar-refractivity contribution in [1.29, 1.82) is 0 Å². The highest BCUT2D eigenvalue weighted by Crippen LogP contribution is 2.41. The smallest absolute Gasteiger partial charge is 0.408 e. The van der Waals surface area contributed by atoms with Crippen molar-refractivity contribution in [3.05, 3.63) is 51.3 Å². The molecule has 1 amide bonds. The minimum atomic E-state index is -2.35. The molecule has 2 aromatic heterocycles. The van der Waals surface area contributed by atoms with Crippen molar-refractivity contribution >= 4 is 59.8 Å². The lowest BCUT2D eigenvalue weighted by atomic mass is 9.85. The van der Waals surface area contributed by atoms with E-state index in [1.54, 1.807) is 56.5 Å². The third-order valence-corrected chi connectivity index (χ3v) is 12.6. The molecule has 244 valence electrons. The van der Waals surface area contributed by atoms with E-state index in [1.165, 1.54) is 6.92 Å². The average molecular weight is 670 g/mol. The Bertz CT molecular complexity index is 1860. The number of fused-ring (bicyclic) bond motifs is 5. The Balaban J connectivity index is 1.63.